The standard InChI is InChI=1S/C14H22N2O3S/c1-5-20-8-9(2)16-14(17)10-6-12(18-3)13(19-4)7-11(10)15/h6-7,9H,5,8,15H2,1-4H3,(H,16,17). The minimum absolute atomic E-state index is 0.0833. The Kier molecular flexibility index (Phi) is 6.51. The number of nitrogens with two attached hydrogens (primary N) is 1. The molecule has 0 bridgehead atoms. The van der Waals surface area contributed by atoms with E-state index >= 15 is 0 Å². The zero-order valence-electron chi connectivity index (χ0n) is 12.4. The van der Waals surface area contributed by atoms with E-state index in [4.69, 9.17) is 15.2 Å². The van der Waals surface area contributed by atoms with E-state index in [1.807, 2.05) is 6.92 Å². The van der Waals surface area contributed by atoms with Crippen LogP contribution in [0.1, 0.15) is 24.2 Å². The van der Waals surface area contributed by atoms with Gasteiger partial charge in [-0.1, -0.05) is 6.92 Å². The molecule has 1 atom stereocenters. The molecule has 112 valence electrons. The van der Waals surface area contributed by atoms with Gasteiger partial charge in [0.1, 0.15) is 0 Å². The van der Waals surface area contributed by atoms with Gasteiger partial charge in [-0.15, -0.1) is 0 Å². The van der Waals surface area contributed by atoms with Crippen molar-refractivity contribution >= 4 is 23.4 Å². The lowest BCUT2D eigenvalue weighted by Gasteiger charge is -2.16. The van der Waals surface area contributed by atoms with Gasteiger partial charge in [0.2, 0.25) is 0 Å². The first-order chi connectivity index (χ1) is 9.53. The highest BCUT2D eigenvalue weighted by molar-refractivity contribution is 7.99. The second kappa shape index (κ2) is 7.89. The third-order valence-corrected chi connectivity index (χ3v) is 3.89. The van der Waals surface area contributed by atoms with Crippen LogP contribution in [0.25, 0.3) is 0 Å². The number of methoxy groups -OCH3 is 2. The van der Waals surface area contributed by atoms with E-state index in [0.29, 0.717) is 22.7 Å². The van der Waals surface area contributed by atoms with Crippen molar-refractivity contribution in [3.8, 4) is 11.5 Å². The highest BCUT2D eigenvalue weighted by Crippen LogP contribution is 2.31. The highest BCUT2D eigenvalue weighted by Gasteiger charge is 2.16. The second-order valence-corrected chi connectivity index (χ2v) is 5.65. The Morgan fingerprint density at radius 1 is 1.35 bits per heavy atom. The first-order valence-electron chi connectivity index (χ1n) is 6.43. The Bertz CT molecular complexity index is 466. The summed E-state index contributed by atoms with van der Waals surface area (Å²) in [7, 11) is 3.05. The number of carbonyl (C=O) groups excluding carboxylic acids is 1. The molecule has 0 fully saturated rings. The number of benzene rings is 1. The third-order valence-electron chi connectivity index (χ3n) is 2.75. The molecule has 6 heteroatoms. The summed E-state index contributed by atoms with van der Waals surface area (Å²) in [6, 6.07) is 3.28. The topological polar surface area (TPSA) is 73.6 Å². The highest BCUT2D eigenvalue weighted by atomic mass is 32.2. The molecular weight excluding hydrogens is 276 g/mol. The first-order valence-corrected chi connectivity index (χ1v) is 7.59. The minimum atomic E-state index is -0.201. The molecular formula is C14H22N2O3S. The number of carbonyl (C=O) groups is 1. The van der Waals surface area contributed by atoms with E-state index in [2.05, 4.69) is 12.2 Å². The fraction of sp³-hybridized carbons (Fsp3) is 0.500. The summed E-state index contributed by atoms with van der Waals surface area (Å²) in [5.41, 5.74) is 6.67. The fourth-order valence-electron chi connectivity index (χ4n) is 1.73. The van der Waals surface area contributed by atoms with Gasteiger partial charge in [-0.3, -0.25) is 4.79 Å². The number of rotatable bonds is 7. The zero-order chi connectivity index (χ0) is 15.1. The van der Waals surface area contributed by atoms with E-state index in [1.54, 1.807) is 23.9 Å². The third kappa shape index (κ3) is 4.23. The average molecular weight is 298 g/mol. The van der Waals surface area contributed by atoms with Crippen molar-refractivity contribution in [1.82, 2.24) is 5.32 Å². The molecule has 1 unspecified atom stereocenters. The molecule has 0 aliphatic rings. The van der Waals surface area contributed by atoms with Gasteiger partial charge in [0, 0.05) is 23.5 Å². The second-order valence-electron chi connectivity index (χ2n) is 4.33. The van der Waals surface area contributed by atoms with Crippen LogP contribution in [-0.2, 0) is 0 Å². The lowest BCUT2D eigenvalue weighted by atomic mass is 10.1. The van der Waals surface area contributed by atoms with E-state index in [1.165, 1.54) is 14.2 Å². The molecule has 0 radical (unpaired) electrons. The van der Waals surface area contributed by atoms with Gasteiger partial charge in [0.25, 0.3) is 5.91 Å². The lowest BCUT2D eigenvalue weighted by Crippen LogP contribution is -2.34. The monoisotopic (exact) mass is 298 g/mol. The molecule has 0 aliphatic heterocycles. The van der Waals surface area contributed by atoms with Crippen molar-refractivity contribution < 1.29 is 14.3 Å². The number of anilines is 1. The van der Waals surface area contributed by atoms with E-state index in [9.17, 15) is 4.79 Å². The maximum absolute atomic E-state index is 12.2. The van der Waals surface area contributed by atoms with Crippen LogP contribution in [0.4, 0.5) is 5.69 Å². The number of nitrogens with one attached hydrogen (secondary N) is 1. The number of amides is 1. The van der Waals surface area contributed by atoms with Gasteiger partial charge >= 0.3 is 0 Å². The van der Waals surface area contributed by atoms with Crippen molar-refractivity contribution in [1.29, 1.82) is 0 Å². The van der Waals surface area contributed by atoms with Crippen molar-refractivity contribution in [2.45, 2.75) is 19.9 Å². The predicted octanol–water partition coefficient (Wildman–Crippen LogP) is 2.16. The smallest absolute Gasteiger partial charge is 0.253 e. The number of ether oxygens (including phenoxy) is 2. The normalized spacial score (nSPS) is 11.8. The summed E-state index contributed by atoms with van der Waals surface area (Å²) in [6.45, 7) is 4.06. The van der Waals surface area contributed by atoms with E-state index in [0.717, 1.165) is 11.5 Å². The maximum Gasteiger partial charge on any atom is 0.253 e. The fourth-order valence-corrected chi connectivity index (χ4v) is 2.40. The van der Waals surface area contributed by atoms with Gasteiger partial charge < -0.3 is 20.5 Å². The lowest BCUT2D eigenvalue weighted by molar-refractivity contribution is 0.0944. The molecule has 0 aromatic heterocycles. The van der Waals surface area contributed by atoms with Gasteiger partial charge in [0.05, 0.1) is 19.8 Å². The van der Waals surface area contributed by atoms with Crippen molar-refractivity contribution in [2.24, 2.45) is 0 Å². The minimum Gasteiger partial charge on any atom is -0.493 e. The van der Waals surface area contributed by atoms with Gasteiger partial charge in [-0.25, -0.2) is 0 Å². The molecule has 0 aliphatic carbocycles. The summed E-state index contributed by atoms with van der Waals surface area (Å²) >= 11 is 1.78. The van der Waals surface area contributed by atoms with Crippen LogP contribution in [0.3, 0.4) is 0 Å². The van der Waals surface area contributed by atoms with Crippen LogP contribution in [0.5, 0.6) is 11.5 Å². The van der Waals surface area contributed by atoms with Gasteiger partial charge in [-0.05, 0) is 18.7 Å². The molecule has 1 aromatic carbocycles. The Labute approximate surface area is 124 Å². The SMILES string of the molecule is CCSCC(C)NC(=O)c1cc(OC)c(OC)cc1N. The molecule has 1 amide bonds. The number of hydrogen-bond donors (Lipinski definition) is 2. The predicted molar refractivity (Wildman–Crippen MR) is 83.9 cm³/mol. The summed E-state index contributed by atoms with van der Waals surface area (Å²) in [4.78, 5) is 12.2. The quantitative estimate of drug-likeness (QED) is 0.755. The Balaban J connectivity index is 2.87. The Morgan fingerprint density at radius 2 is 1.95 bits per heavy atom. The van der Waals surface area contributed by atoms with Crippen LogP contribution in [0.15, 0.2) is 12.1 Å². The van der Waals surface area contributed by atoms with Crippen LogP contribution in [0.2, 0.25) is 0 Å². The van der Waals surface area contributed by atoms with E-state index in [-0.39, 0.29) is 11.9 Å². The average Bonchev–Trinajstić information content (AvgIpc) is 2.44. The maximum atomic E-state index is 12.2. The van der Waals surface area contributed by atoms with Crippen molar-refractivity contribution in [2.75, 3.05) is 31.5 Å². The molecule has 20 heavy (non-hydrogen) atoms. The largest absolute Gasteiger partial charge is 0.493 e. The molecule has 0 spiro atoms. The molecule has 0 heterocycles. The zero-order valence-corrected chi connectivity index (χ0v) is 13.2. The van der Waals surface area contributed by atoms with E-state index < -0.39 is 0 Å². The Morgan fingerprint density at radius 3 is 2.50 bits per heavy atom. The molecule has 0 saturated heterocycles. The van der Waals surface area contributed by atoms with Crippen LogP contribution >= 0.6 is 11.8 Å². The first kappa shape index (κ1) is 16.5. The summed E-state index contributed by atoms with van der Waals surface area (Å²) in [5.74, 6) is 2.69. The molecule has 3 N–H and O–H groups in total. The van der Waals surface area contributed by atoms with Crippen LogP contribution in [0, 0.1) is 0 Å². The molecule has 1 rings (SSSR count). The molecule has 1 aromatic rings. The summed E-state index contributed by atoms with van der Waals surface area (Å²) < 4.78 is 10.3. The van der Waals surface area contributed by atoms with Gasteiger partial charge in [-0.2, -0.15) is 11.8 Å². The number of hydrogen-bond acceptors (Lipinski definition) is 5. The Hall–Kier alpha value is -1.56. The van der Waals surface area contributed by atoms with Crippen molar-refractivity contribution in [3.05, 3.63) is 17.7 Å². The van der Waals surface area contributed by atoms with Crippen molar-refractivity contribution in [3.63, 3.8) is 0 Å². The molecule has 0 saturated carbocycles. The number of thioether (sulfide) groups is 1. The molecule has 5 nitrogen and oxygen atoms in total. The summed E-state index contributed by atoms with van der Waals surface area (Å²) in [5, 5.41) is 2.92. The van der Waals surface area contributed by atoms with Gasteiger partial charge in [0.15, 0.2) is 11.5 Å². The summed E-state index contributed by atoms with van der Waals surface area (Å²) in [6.07, 6.45) is 0. The van der Waals surface area contributed by atoms with Crippen LogP contribution < -0.4 is 20.5 Å². The van der Waals surface area contributed by atoms with Crippen LogP contribution in [-0.4, -0.2) is 37.7 Å². The number of nitrogen functional groups attached to an aromatic ring is 1.